The van der Waals surface area contributed by atoms with Crippen LogP contribution in [0.25, 0.3) is 0 Å². The molecular weight excluding hydrogens is 388 g/mol. The molecule has 1 saturated heterocycles. The molecular formula is C22H28N2O4S. The lowest BCUT2D eigenvalue weighted by Crippen LogP contribution is -2.41. The van der Waals surface area contributed by atoms with Crippen molar-refractivity contribution >= 4 is 21.6 Å². The van der Waals surface area contributed by atoms with Crippen LogP contribution in [0, 0.1) is 26.7 Å². The van der Waals surface area contributed by atoms with E-state index in [4.69, 9.17) is 4.74 Å². The molecule has 1 aliphatic rings. The Kier molecular flexibility index (Phi) is 6.29. The zero-order valence-electron chi connectivity index (χ0n) is 17.4. The molecule has 1 heterocycles. The molecule has 0 saturated carbocycles. The van der Waals surface area contributed by atoms with E-state index in [9.17, 15) is 13.2 Å². The van der Waals surface area contributed by atoms with Gasteiger partial charge in [-0.25, -0.2) is 8.42 Å². The molecule has 156 valence electrons. The van der Waals surface area contributed by atoms with E-state index in [1.54, 1.807) is 31.4 Å². The summed E-state index contributed by atoms with van der Waals surface area (Å²) in [6.45, 7) is 6.67. The number of aryl methyl sites for hydroxylation is 3. The molecule has 0 aromatic heterocycles. The number of amides is 1. The summed E-state index contributed by atoms with van der Waals surface area (Å²) in [6.07, 6.45) is 1.01. The van der Waals surface area contributed by atoms with Crippen LogP contribution in [-0.4, -0.2) is 38.8 Å². The molecule has 1 amide bonds. The molecule has 0 spiro atoms. The van der Waals surface area contributed by atoms with E-state index in [-0.39, 0.29) is 16.7 Å². The summed E-state index contributed by atoms with van der Waals surface area (Å²) in [6, 6.07) is 10.5. The summed E-state index contributed by atoms with van der Waals surface area (Å²) in [7, 11) is -2.03. The number of carbonyl (C=O) groups excluding carboxylic acids is 1. The molecule has 0 aliphatic carbocycles. The molecule has 6 nitrogen and oxygen atoms in total. The van der Waals surface area contributed by atoms with Crippen LogP contribution in [0.3, 0.4) is 0 Å². The lowest BCUT2D eigenvalue weighted by Gasteiger charge is -2.30. The maximum absolute atomic E-state index is 12.9. The van der Waals surface area contributed by atoms with Crippen molar-refractivity contribution in [1.82, 2.24) is 4.31 Å². The summed E-state index contributed by atoms with van der Waals surface area (Å²) >= 11 is 0. The van der Waals surface area contributed by atoms with Crippen molar-refractivity contribution in [2.45, 2.75) is 38.5 Å². The van der Waals surface area contributed by atoms with Gasteiger partial charge >= 0.3 is 0 Å². The number of benzene rings is 2. The van der Waals surface area contributed by atoms with Gasteiger partial charge < -0.3 is 10.1 Å². The molecule has 0 atom stereocenters. The summed E-state index contributed by atoms with van der Waals surface area (Å²) in [5, 5.41) is 3.05. The van der Waals surface area contributed by atoms with Crippen LogP contribution in [0.15, 0.2) is 41.3 Å². The van der Waals surface area contributed by atoms with E-state index in [1.165, 1.54) is 4.31 Å². The molecule has 0 radical (unpaired) electrons. The Morgan fingerprint density at radius 2 is 1.59 bits per heavy atom. The van der Waals surface area contributed by atoms with Gasteiger partial charge in [-0.1, -0.05) is 17.7 Å². The van der Waals surface area contributed by atoms with Crippen molar-refractivity contribution in [1.29, 1.82) is 0 Å². The molecule has 1 fully saturated rings. The first-order valence-corrected chi connectivity index (χ1v) is 11.2. The van der Waals surface area contributed by atoms with Crippen molar-refractivity contribution < 1.29 is 17.9 Å². The predicted octanol–water partition coefficient (Wildman–Crippen LogP) is 3.66. The van der Waals surface area contributed by atoms with Gasteiger partial charge in [-0.3, -0.25) is 4.79 Å². The molecule has 0 bridgehead atoms. The molecule has 1 N–H and O–H groups in total. The van der Waals surface area contributed by atoms with E-state index in [0.29, 0.717) is 31.7 Å². The molecule has 2 aromatic rings. The Bertz CT molecular complexity index is 969. The Labute approximate surface area is 172 Å². The quantitative estimate of drug-likeness (QED) is 0.807. The van der Waals surface area contributed by atoms with Gasteiger partial charge in [0, 0.05) is 24.7 Å². The fraction of sp³-hybridized carbons (Fsp3) is 0.409. The van der Waals surface area contributed by atoms with Gasteiger partial charge in [-0.05, 0) is 69.0 Å². The third-order valence-corrected chi connectivity index (χ3v) is 7.36. The van der Waals surface area contributed by atoms with Crippen molar-refractivity contribution in [3.05, 3.63) is 53.1 Å². The van der Waals surface area contributed by atoms with Crippen LogP contribution < -0.4 is 10.1 Å². The average Bonchev–Trinajstić information content (AvgIpc) is 2.70. The molecule has 29 heavy (non-hydrogen) atoms. The van der Waals surface area contributed by atoms with E-state index in [1.807, 2.05) is 32.9 Å². The number of sulfonamides is 1. The molecule has 0 unspecified atom stereocenters. The van der Waals surface area contributed by atoms with Gasteiger partial charge in [0.25, 0.3) is 0 Å². The monoisotopic (exact) mass is 416 g/mol. The fourth-order valence-corrected chi connectivity index (χ4v) is 5.33. The number of methoxy groups -OCH3 is 1. The number of hydrogen-bond acceptors (Lipinski definition) is 4. The van der Waals surface area contributed by atoms with E-state index in [2.05, 4.69) is 5.32 Å². The summed E-state index contributed by atoms with van der Waals surface area (Å²) < 4.78 is 32.3. The molecule has 2 aromatic carbocycles. The minimum absolute atomic E-state index is 0.0402. The van der Waals surface area contributed by atoms with Gasteiger partial charge in [0.15, 0.2) is 0 Å². The van der Waals surface area contributed by atoms with Crippen LogP contribution in [0.5, 0.6) is 5.75 Å². The Morgan fingerprint density at radius 3 is 2.10 bits per heavy atom. The van der Waals surface area contributed by atoms with Crippen LogP contribution in [-0.2, 0) is 14.8 Å². The minimum Gasteiger partial charge on any atom is -0.497 e. The SMILES string of the molecule is COc1ccc(S(=O)(=O)N2CCC(C(=O)Nc3c(C)cc(C)cc3C)CC2)cc1. The second-order valence-electron chi connectivity index (χ2n) is 7.62. The van der Waals surface area contributed by atoms with Gasteiger partial charge in [0.1, 0.15) is 5.75 Å². The van der Waals surface area contributed by atoms with Gasteiger partial charge in [0.05, 0.1) is 12.0 Å². The highest BCUT2D eigenvalue weighted by molar-refractivity contribution is 7.89. The minimum atomic E-state index is -3.57. The fourth-order valence-electron chi connectivity index (χ4n) is 3.86. The highest BCUT2D eigenvalue weighted by Gasteiger charge is 2.32. The number of ether oxygens (including phenoxy) is 1. The zero-order valence-corrected chi connectivity index (χ0v) is 18.2. The predicted molar refractivity (Wildman–Crippen MR) is 114 cm³/mol. The highest BCUT2D eigenvalue weighted by atomic mass is 32.2. The summed E-state index contributed by atoms with van der Waals surface area (Å²) in [4.78, 5) is 13.0. The van der Waals surface area contributed by atoms with Crippen molar-refractivity contribution in [3.8, 4) is 5.75 Å². The van der Waals surface area contributed by atoms with Gasteiger partial charge in [-0.15, -0.1) is 0 Å². The standard InChI is InChI=1S/C22H28N2O4S/c1-15-13-16(2)21(17(3)14-15)23-22(25)18-9-11-24(12-10-18)29(26,27)20-7-5-19(28-4)6-8-20/h5-8,13-14,18H,9-12H2,1-4H3,(H,23,25). The zero-order chi connectivity index (χ0) is 21.2. The Morgan fingerprint density at radius 1 is 1.03 bits per heavy atom. The maximum Gasteiger partial charge on any atom is 0.243 e. The average molecular weight is 417 g/mol. The number of hydrogen-bond donors (Lipinski definition) is 1. The number of carbonyl (C=O) groups is 1. The third kappa shape index (κ3) is 4.62. The topological polar surface area (TPSA) is 75.7 Å². The number of anilines is 1. The van der Waals surface area contributed by atoms with E-state index >= 15 is 0 Å². The molecule has 7 heteroatoms. The largest absolute Gasteiger partial charge is 0.497 e. The first-order valence-electron chi connectivity index (χ1n) is 9.75. The highest BCUT2D eigenvalue weighted by Crippen LogP contribution is 2.27. The number of rotatable bonds is 5. The summed E-state index contributed by atoms with van der Waals surface area (Å²) in [5.41, 5.74) is 4.09. The molecule has 1 aliphatic heterocycles. The first-order chi connectivity index (χ1) is 13.7. The van der Waals surface area contributed by atoms with Crippen LogP contribution in [0.1, 0.15) is 29.5 Å². The second kappa shape index (κ2) is 8.55. The Balaban J connectivity index is 1.64. The van der Waals surface area contributed by atoms with Gasteiger partial charge in [0.2, 0.25) is 15.9 Å². The van der Waals surface area contributed by atoms with Crippen molar-refractivity contribution in [2.75, 3.05) is 25.5 Å². The normalized spacial score (nSPS) is 15.9. The lowest BCUT2D eigenvalue weighted by molar-refractivity contribution is -0.120. The lowest BCUT2D eigenvalue weighted by atomic mass is 9.96. The first kappa shape index (κ1) is 21.3. The summed E-state index contributed by atoms with van der Waals surface area (Å²) in [5.74, 6) is 0.375. The second-order valence-corrected chi connectivity index (χ2v) is 9.55. The van der Waals surface area contributed by atoms with Crippen molar-refractivity contribution in [2.24, 2.45) is 5.92 Å². The van der Waals surface area contributed by atoms with Gasteiger partial charge in [-0.2, -0.15) is 4.31 Å². The van der Waals surface area contributed by atoms with Crippen molar-refractivity contribution in [3.63, 3.8) is 0 Å². The van der Waals surface area contributed by atoms with E-state index in [0.717, 1.165) is 22.4 Å². The van der Waals surface area contributed by atoms with Crippen LogP contribution in [0.2, 0.25) is 0 Å². The number of nitrogens with zero attached hydrogens (tertiary/aromatic N) is 1. The van der Waals surface area contributed by atoms with Crippen LogP contribution >= 0.6 is 0 Å². The number of nitrogens with one attached hydrogen (secondary N) is 1. The maximum atomic E-state index is 12.9. The number of piperidine rings is 1. The van der Waals surface area contributed by atoms with Crippen LogP contribution in [0.4, 0.5) is 5.69 Å². The smallest absolute Gasteiger partial charge is 0.243 e. The Hall–Kier alpha value is -2.38. The molecule has 3 rings (SSSR count). The third-order valence-electron chi connectivity index (χ3n) is 5.45. The van der Waals surface area contributed by atoms with E-state index < -0.39 is 10.0 Å².